The van der Waals surface area contributed by atoms with E-state index in [1.807, 2.05) is 12.1 Å². The molecule has 5 rings (SSSR count). The van der Waals surface area contributed by atoms with Crippen molar-refractivity contribution in [3.8, 4) is 11.5 Å². The molecule has 29 heavy (non-hydrogen) atoms. The minimum atomic E-state index is -2.77. The molecule has 148 valence electrons. The quantitative estimate of drug-likeness (QED) is 0.560. The Morgan fingerprint density at radius 3 is 2.66 bits per heavy atom. The average Bonchev–Trinajstić information content (AvgIpc) is 3.27. The highest BCUT2D eigenvalue weighted by atomic mass is 32.2. The number of benzene rings is 2. The van der Waals surface area contributed by atoms with Crippen LogP contribution in [0.4, 0.5) is 0 Å². The van der Waals surface area contributed by atoms with Crippen molar-refractivity contribution in [2.75, 3.05) is 13.0 Å². The van der Waals surface area contributed by atoms with Gasteiger partial charge in [0, 0.05) is 23.6 Å². The Morgan fingerprint density at radius 2 is 1.93 bits per heavy atom. The van der Waals surface area contributed by atoms with Gasteiger partial charge in [-0.1, -0.05) is 12.1 Å². The number of nitrogens with one attached hydrogen (secondary N) is 1. The summed E-state index contributed by atoms with van der Waals surface area (Å²) >= 11 is 0. The summed E-state index contributed by atoms with van der Waals surface area (Å²) in [4.78, 5) is 17.9. The Morgan fingerprint density at radius 1 is 1.17 bits per heavy atom. The van der Waals surface area contributed by atoms with Gasteiger partial charge in [-0.25, -0.2) is 18.8 Å². The monoisotopic (exact) mass is 410 g/mol. The van der Waals surface area contributed by atoms with Gasteiger partial charge >= 0.3 is 5.69 Å². The number of fused-ring (bicyclic) bond motifs is 5. The zero-order valence-corrected chi connectivity index (χ0v) is 16.7. The molecule has 3 heterocycles. The van der Waals surface area contributed by atoms with Gasteiger partial charge in [0.25, 0.3) is 0 Å². The zero-order chi connectivity index (χ0) is 20.3. The lowest BCUT2D eigenvalue weighted by atomic mass is 10.1. The number of aryl methyl sites for hydroxylation is 1. The second kappa shape index (κ2) is 6.08. The molecule has 0 saturated carbocycles. The molecule has 0 spiro atoms. The van der Waals surface area contributed by atoms with Crippen molar-refractivity contribution in [3.05, 3.63) is 58.6 Å². The Bertz CT molecular complexity index is 1450. The first-order valence-electron chi connectivity index (χ1n) is 8.94. The summed E-state index contributed by atoms with van der Waals surface area (Å²) in [5, 5.41) is 0.809. The highest BCUT2D eigenvalue weighted by Crippen LogP contribution is 2.39. The smallest absolute Gasteiger partial charge is 0.329 e. The minimum absolute atomic E-state index is 0.152. The third-order valence-electron chi connectivity index (χ3n) is 5.19. The zero-order valence-electron chi connectivity index (χ0n) is 15.8. The molecule has 2 aromatic heterocycles. The van der Waals surface area contributed by atoms with Gasteiger partial charge in [0.05, 0.1) is 33.5 Å². The molecule has 9 heteroatoms. The maximum Gasteiger partial charge on any atom is 0.329 e. The maximum atomic E-state index is 13.0. The number of ether oxygens (including phenoxy) is 2. The van der Waals surface area contributed by atoms with E-state index in [1.54, 1.807) is 46.6 Å². The van der Waals surface area contributed by atoms with Crippen LogP contribution in [0.3, 0.4) is 0 Å². The summed E-state index contributed by atoms with van der Waals surface area (Å²) in [5.74, 6) is 1.23. The number of hydrogen-bond acceptors (Lipinski definition) is 6. The number of hydrogen-bond donors (Lipinski definition) is 1. The van der Waals surface area contributed by atoms with Crippen molar-refractivity contribution in [1.29, 1.82) is 4.78 Å². The van der Waals surface area contributed by atoms with Gasteiger partial charge in [-0.05, 0) is 29.8 Å². The predicted octanol–water partition coefficient (Wildman–Crippen LogP) is 2.70. The van der Waals surface area contributed by atoms with Crippen LogP contribution in [0.5, 0.6) is 11.5 Å². The van der Waals surface area contributed by atoms with Gasteiger partial charge in [-0.2, -0.15) is 0 Å². The van der Waals surface area contributed by atoms with Crippen LogP contribution in [0.25, 0.3) is 21.9 Å². The molecule has 0 saturated heterocycles. The third-order valence-corrected chi connectivity index (χ3v) is 6.36. The number of nitrogens with zero attached hydrogens (tertiary/aromatic N) is 3. The van der Waals surface area contributed by atoms with Crippen LogP contribution in [-0.4, -0.2) is 31.4 Å². The fourth-order valence-corrected chi connectivity index (χ4v) is 4.35. The molecule has 2 aromatic carbocycles. The van der Waals surface area contributed by atoms with Crippen molar-refractivity contribution in [1.82, 2.24) is 14.1 Å². The summed E-state index contributed by atoms with van der Waals surface area (Å²) in [6.07, 6.45) is 3.06. The van der Waals surface area contributed by atoms with E-state index in [0.717, 1.165) is 22.0 Å². The van der Waals surface area contributed by atoms with Crippen molar-refractivity contribution < 1.29 is 13.7 Å². The van der Waals surface area contributed by atoms with E-state index >= 15 is 0 Å². The molecular formula is C20H18N4O4S. The lowest BCUT2D eigenvalue weighted by Gasteiger charge is -2.08. The fourth-order valence-electron chi connectivity index (χ4n) is 3.69. The average molecular weight is 410 g/mol. The summed E-state index contributed by atoms with van der Waals surface area (Å²) < 4.78 is 33.9. The van der Waals surface area contributed by atoms with Crippen molar-refractivity contribution in [3.63, 3.8) is 0 Å². The van der Waals surface area contributed by atoms with Crippen molar-refractivity contribution >= 4 is 31.7 Å². The molecule has 1 aliphatic rings. The molecule has 1 unspecified atom stereocenters. The summed E-state index contributed by atoms with van der Waals surface area (Å²) in [7, 11) is -1.05. The van der Waals surface area contributed by atoms with Gasteiger partial charge in [0.2, 0.25) is 6.79 Å². The number of pyridine rings is 1. The lowest BCUT2D eigenvalue weighted by Crippen LogP contribution is -2.22. The van der Waals surface area contributed by atoms with Gasteiger partial charge in [-0.15, -0.1) is 0 Å². The molecule has 0 fully saturated rings. The van der Waals surface area contributed by atoms with Crippen LogP contribution in [0.15, 0.2) is 52.3 Å². The molecular weight excluding hydrogens is 392 g/mol. The Hall–Kier alpha value is -3.33. The van der Waals surface area contributed by atoms with E-state index in [0.29, 0.717) is 28.5 Å². The molecule has 0 aliphatic carbocycles. The topological polar surface area (TPSA) is 99.2 Å². The first-order valence-corrected chi connectivity index (χ1v) is 10.9. The van der Waals surface area contributed by atoms with Gasteiger partial charge < -0.3 is 9.47 Å². The van der Waals surface area contributed by atoms with Crippen LogP contribution in [-0.2, 0) is 23.3 Å². The maximum absolute atomic E-state index is 13.0. The highest BCUT2D eigenvalue weighted by Gasteiger charge is 2.22. The van der Waals surface area contributed by atoms with Crippen LogP contribution < -0.4 is 15.2 Å². The minimum Gasteiger partial charge on any atom is -0.454 e. The van der Waals surface area contributed by atoms with Gasteiger partial charge in [0.1, 0.15) is 5.52 Å². The molecule has 0 bridgehead atoms. The summed E-state index contributed by atoms with van der Waals surface area (Å²) in [5.41, 5.74) is 2.86. The van der Waals surface area contributed by atoms with Gasteiger partial charge in [0.15, 0.2) is 11.5 Å². The standard InChI is InChI=1S/C20H18N4O4S/c1-23-15-9-22-17-14(7-8-16-19(17)28-11-27-16)18(15)24(20(23)25)10-12-3-5-13(6-4-12)29(2,21)26/h3-9,21H,10-11H2,1-2H3. The molecule has 1 atom stereocenters. The van der Waals surface area contributed by atoms with E-state index in [2.05, 4.69) is 4.98 Å². The Labute approximate surface area is 166 Å². The van der Waals surface area contributed by atoms with Gasteiger partial charge in [-0.3, -0.25) is 9.13 Å². The van der Waals surface area contributed by atoms with E-state index in [4.69, 9.17) is 14.3 Å². The lowest BCUT2D eigenvalue weighted by molar-refractivity contribution is 0.174. The van der Waals surface area contributed by atoms with E-state index < -0.39 is 9.73 Å². The van der Waals surface area contributed by atoms with Crippen molar-refractivity contribution in [2.24, 2.45) is 7.05 Å². The molecule has 0 amide bonds. The fraction of sp³-hybridized carbons (Fsp3) is 0.200. The summed E-state index contributed by atoms with van der Waals surface area (Å²) in [6.45, 7) is 0.492. The van der Waals surface area contributed by atoms with Crippen LogP contribution in [0.1, 0.15) is 5.56 Å². The predicted molar refractivity (Wildman–Crippen MR) is 109 cm³/mol. The molecule has 4 aromatic rings. The van der Waals surface area contributed by atoms with Crippen LogP contribution in [0.2, 0.25) is 0 Å². The molecule has 8 nitrogen and oxygen atoms in total. The second-order valence-electron chi connectivity index (χ2n) is 7.10. The second-order valence-corrected chi connectivity index (χ2v) is 9.26. The normalized spacial score (nSPS) is 15.1. The number of imidazole rings is 1. The Kier molecular flexibility index (Phi) is 3.72. The van der Waals surface area contributed by atoms with E-state index in [-0.39, 0.29) is 12.5 Å². The molecule has 0 radical (unpaired) electrons. The number of rotatable bonds is 3. The third kappa shape index (κ3) is 2.69. The Balaban J connectivity index is 1.71. The van der Waals surface area contributed by atoms with Crippen molar-refractivity contribution in [2.45, 2.75) is 11.4 Å². The largest absolute Gasteiger partial charge is 0.454 e. The SMILES string of the molecule is Cn1c(=O)n(Cc2ccc(S(C)(=N)=O)cc2)c2c3ccc4c(c3ncc21)OCO4. The van der Waals surface area contributed by atoms with E-state index in [1.165, 1.54) is 6.26 Å². The number of aromatic nitrogens is 3. The summed E-state index contributed by atoms with van der Waals surface area (Å²) in [6, 6.07) is 10.7. The first kappa shape index (κ1) is 17.7. The highest BCUT2D eigenvalue weighted by molar-refractivity contribution is 7.91. The van der Waals surface area contributed by atoms with E-state index in [9.17, 15) is 9.00 Å². The molecule has 1 N–H and O–H groups in total. The van der Waals surface area contributed by atoms with Crippen LogP contribution >= 0.6 is 0 Å². The first-order chi connectivity index (χ1) is 13.8. The van der Waals surface area contributed by atoms with Crippen LogP contribution in [0, 0.1) is 4.78 Å². The molecule has 1 aliphatic heterocycles.